The molecule has 0 atom stereocenters. The van der Waals surface area contributed by atoms with Crippen LogP contribution in [0.2, 0.25) is 0 Å². The molecule has 0 radical (unpaired) electrons. The monoisotopic (exact) mass is 373 g/mol. The van der Waals surface area contributed by atoms with E-state index in [9.17, 15) is 0 Å². The molecule has 0 amide bonds. The standard InChI is InChI=1S/C22H19NO.2C2H6/c1-3-9-18-16(7-1)11-12-21-22(18)20-15-17-8-2-4-10-19(17)23(20)13-5-6-14-24-21;2*1-2/h1-4,7-12,15H,5-6,13-14H2;2*1-2H3. The van der Waals surface area contributed by atoms with Crippen LogP contribution in [0.5, 0.6) is 5.75 Å². The third-order valence-corrected chi connectivity index (χ3v) is 4.99. The van der Waals surface area contributed by atoms with Gasteiger partial charge in [-0.15, -0.1) is 0 Å². The Bertz CT molecular complexity index is 1040. The van der Waals surface area contributed by atoms with Crippen LogP contribution in [0.1, 0.15) is 40.5 Å². The van der Waals surface area contributed by atoms with Crippen molar-refractivity contribution in [1.82, 2.24) is 4.57 Å². The molecule has 0 fully saturated rings. The summed E-state index contributed by atoms with van der Waals surface area (Å²) in [6.45, 7) is 9.82. The molecule has 0 bridgehead atoms. The summed E-state index contributed by atoms with van der Waals surface area (Å²) in [7, 11) is 0. The molecule has 1 aliphatic heterocycles. The lowest BCUT2D eigenvalue weighted by Gasteiger charge is -2.14. The minimum Gasteiger partial charge on any atom is -0.493 e. The zero-order valence-electron chi connectivity index (χ0n) is 17.5. The normalized spacial score (nSPS) is 12.7. The Morgan fingerprint density at radius 2 is 1.46 bits per heavy atom. The molecular weight excluding hydrogens is 342 g/mol. The summed E-state index contributed by atoms with van der Waals surface area (Å²) in [4.78, 5) is 0. The fourth-order valence-electron chi connectivity index (χ4n) is 3.85. The van der Waals surface area contributed by atoms with Crippen LogP contribution >= 0.6 is 0 Å². The molecule has 0 saturated carbocycles. The number of aromatic nitrogens is 1. The molecule has 0 saturated heterocycles. The van der Waals surface area contributed by atoms with Crippen molar-refractivity contribution in [2.75, 3.05) is 6.61 Å². The molecule has 0 unspecified atom stereocenters. The van der Waals surface area contributed by atoms with E-state index in [4.69, 9.17) is 4.74 Å². The second-order valence-corrected chi connectivity index (χ2v) is 6.46. The second-order valence-electron chi connectivity index (χ2n) is 6.46. The molecule has 1 aliphatic rings. The Balaban J connectivity index is 0.000000531. The molecule has 3 aromatic carbocycles. The van der Waals surface area contributed by atoms with Gasteiger partial charge in [-0.3, -0.25) is 0 Å². The fourth-order valence-corrected chi connectivity index (χ4v) is 3.85. The zero-order chi connectivity index (χ0) is 19.9. The Hall–Kier alpha value is -2.74. The highest BCUT2D eigenvalue weighted by Gasteiger charge is 2.18. The molecular formula is C26H31NO. The van der Waals surface area contributed by atoms with Crippen LogP contribution in [0.4, 0.5) is 0 Å². The average molecular weight is 374 g/mol. The molecule has 0 N–H and O–H groups in total. The molecule has 28 heavy (non-hydrogen) atoms. The molecule has 0 spiro atoms. The third kappa shape index (κ3) is 3.64. The highest BCUT2D eigenvalue weighted by atomic mass is 16.5. The van der Waals surface area contributed by atoms with Crippen molar-refractivity contribution in [3.8, 4) is 17.0 Å². The summed E-state index contributed by atoms with van der Waals surface area (Å²) in [6, 6.07) is 23.9. The number of aryl methyl sites for hydroxylation is 1. The summed E-state index contributed by atoms with van der Waals surface area (Å²) in [5.41, 5.74) is 3.81. The van der Waals surface area contributed by atoms with Crippen LogP contribution in [0, 0.1) is 0 Å². The number of hydrogen-bond donors (Lipinski definition) is 0. The van der Waals surface area contributed by atoms with Gasteiger partial charge >= 0.3 is 0 Å². The molecule has 146 valence electrons. The molecule has 2 heterocycles. The Morgan fingerprint density at radius 1 is 0.750 bits per heavy atom. The Kier molecular flexibility index (Phi) is 6.76. The first kappa shape index (κ1) is 20.0. The first-order chi connectivity index (χ1) is 13.9. The van der Waals surface area contributed by atoms with Gasteiger partial charge < -0.3 is 9.30 Å². The van der Waals surface area contributed by atoms with E-state index < -0.39 is 0 Å². The van der Waals surface area contributed by atoms with E-state index in [1.165, 1.54) is 32.9 Å². The van der Waals surface area contributed by atoms with Crippen molar-refractivity contribution >= 4 is 21.7 Å². The molecule has 4 aromatic rings. The summed E-state index contributed by atoms with van der Waals surface area (Å²) in [5, 5.41) is 3.82. The minimum atomic E-state index is 0.786. The maximum Gasteiger partial charge on any atom is 0.129 e. The van der Waals surface area contributed by atoms with E-state index in [0.29, 0.717) is 0 Å². The smallest absolute Gasteiger partial charge is 0.129 e. The number of para-hydroxylation sites is 1. The third-order valence-electron chi connectivity index (χ3n) is 4.99. The second kappa shape index (κ2) is 9.45. The molecule has 2 nitrogen and oxygen atoms in total. The topological polar surface area (TPSA) is 14.2 Å². The number of benzene rings is 3. The predicted octanol–water partition coefficient (Wildman–Crippen LogP) is 7.69. The number of ether oxygens (including phenoxy) is 1. The first-order valence-electron chi connectivity index (χ1n) is 10.6. The van der Waals surface area contributed by atoms with E-state index in [0.717, 1.165) is 31.7 Å². The van der Waals surface area contributed by atoms with E-state index >= 15 is 0 Å². The fraction of sp³-hybridized carbons (Fsp3) is 0.308. The Morgan fingerprint density at radius 3 is 2.29 bits per heavy atom. The van der Waals surface area contributed by atoms with Crippen LogP contribution < -0.4 is 4.74 Å². The van der Waals surface area contributed by atoms with Gasteiger partial charge in [-0.25, -0.2) is 0 Å². The molecule has 5 rings (SSSR count). The highest BCUT2D eigenvalue weighted by Crippen LogP contribution is 2.40. The van der Waals surface area contributed by atoms with E-state index in [-0.39, 0.29) is 0 Å². The van der Waals surface area contributed by atoms with Gasteiger partial charge in [0.15, 0.2) is 0 Å². The van der Waals surface area contributed by atoms with Crippen molar-refractivity contribution in [2.24, 2.45) is 0 Å². The van der Waals surface area contributed by atoms with Gasteiger partial charge in [-0.2, -0.15) is 0 Å². The predicted molar refractivity (Wildman–Crippen MR) is 122 cm³/mol. The molecule has 1 aromatic heterocycles. The summed E-state index contributed by atoms with van der Waals surface area (Å²) < 4.78 is 8.62. The lowest BCUT2D eigenvalue weighted by molar-refractivity contribution is 0.307. The van der Waals surface area contributed by atoms with Gasteiger partial charge in [0.1, 0.15) is 5.75 Å². The van der Waals surface area contributed by atoms with Gasteiger partial charge in [-0.05, 0) is 41.8 Å². The number of nitrogens with zero attached hydrogens (tertiary/aromatic N) is 1. The van der Waals surface area contributed by atoms with E-state index in [1.807, 2.05) is 27.7 Å². The van der Waals surface area contributed by atoms with Gasteiger partial charge in [-0.1, -0.05) is 76.2 Å². The van der Waals surface area contributed by atoms with Crippen molar-refractivity contribution in [2.45, 2.75) is 47.1 Å². The van der Waals surface area contributed by atoms with Crippen LogP contribution in [0.3, 0.4) is 0 Å². The quantitative estimate of drug-likeness (QED) is 0.308. The van der Waals surface area contributed by atoms with Crippen molar-refractivity contribution < 1.29 is 4.74 Å². The van der Waals surface area contributed by atoms with Crippen LogP contribution in [-0.2, 0) is 6.54 Å². The minimum absolute atomic E-state index is 0.786. The highest BCUT2D eigenvalue weighted by molar-refractivity contribution is 6.01. The number of fused-ring (bicyclic) bond motifs is 7. The average Bonchev–Trinajstić information content (AvgIpc) is 3.17. The van der Waals surface area contributed by atoms with Crippen LogP contribution in [0.25, 0.3) is 32.9 Å². The maximum absolute atomic E-state index is 6.16. The largest absolute Gasteiger partial charge is 0.493 e. The molecule has 2 heteroatoms. The lowest BCUT2D eigenvalue weighted by Crippen LogP contribution is -2.00. The summed E-state index contributed by atoms with van der Waals surface area (Å²) >= 11 is 0. The van der Waals surface area contributed by atoms with Gasteiger partial charge in [0.2, 0.25) is 0 Å². The first-order valence-corrected chi connectivity index (χ1v) is 10.6. The van der Waals surface area contributed by atoms with Crippen molar-refractivity contribution in [3.63, 3.8) is 0 Å². The zero-order valence-corrected chi connectivity index (χ0v) is 17.5. The van der Waals surface area contributed by atoms with Crippen molar-refractivity contribution in [3.05, 3.63) is 66.7 Å². The van der Waals surface area contributed by atoms with Gasteiger partial charge in [0.05, 0.1) is 12.3 Å². The summed E-state index contributed by atoms with van der Waals surface area (Å²) in [6.07, 6.45) is 2.22. The van der Waals surface area contributed by atoms with Crippen LogP contribution in [0.15, 0.2) is 66.7 Å². The van der Waals surface area contributed by atoms with Crippen LogP contribution in [-0.4, -0.2) is 11.2 Å². The SMILES string of the molecule is CC.CC.c1ccc2c3c(ccc2c1)OCCCCn1c-3cc2ccccc21. The molecule has 0 aliphatic carbocycles. The number of hydrogen-bond acceptors (Lipinski definition) is 1. The van der Waals surface area contributed by atoms with Crippen molar-refractivity contribution in [1.29, 1.82) is 0 Å². The van der Waals surface area contributed by atoms with Gasteiger partial charge in [0.25, 0.3) is 0 Å². The van der Waals surface area contributed by atoms with Gasteiger partial charge in [0, 0.05) is 23.0 Å². The van der Waals surface area contributed by atoms with E-state index in [1.54, 1.807) is 0 Å². The number of rotatable bonds is 0. The summed E-state index contributed by atoms with van der Waals surface area (Å²) in [5.74, 6) is 1.000. The maximum atomic E-state index is 6.16. The van der Waals surface area contributed by atoms with E-state index in [2.05, 4.69) is 71.3 Å². The lowest BCUT2D eigenvalue weighted by atomic mass is 10.0. The Labute approximate surface area is 168 Å².